The Kier molecular flexibility index (Phi) is 3.87. The number of benzene rings is 2. The Hall–Kier alpha value is -2.55. The smallest absolute Gasteiger partial charge is 0.270 e. The number of fused-ring (bicyclic) bond motifs is 1. The number of carbonyl (C=O) groups excluding carboxylic acids is 1. The van der Waals surface area contributed by atoms with Crippen LogP contribution in [-0.4, -0.2) is 28.4 Å². The molecule has 0 radical (unpaired) electrons. The van der Waals surface area contributed by atoms with Gasteiger partial charge in [0.05, 0.1) is 0 Å². The quantitative estimate of drug-likeness (QED) is 0.719. The van der Waals surface area contributed by atoms with E-state index in [0.29, 0.717) is 11.6 Å². The van der Waals surface area contributed by atoms with Gasteiger partial charge in [0.15, 0.2) is 0 Å². The normalized spacial score (nSPS) is 20.4. The van der Waals surface area contributed by atoms with Gasteiger partial charge < -0.3 is 9.88 Å². The number of likely N-dealkylation sites (tertiary alicyclic amines) is 1. The summed E-state index contributed by atoms with van der Waals surface area (Å²) in [6.07, 6.45) is 1.02. The number of carbonyl (C=O) groups is 1. The number of hydrogen-bond donors (Lipinski definition) is 1. The maximum atomic E-state index is 13.1. The van der Waals surface area contributed by atoms with Crippen molar-refractivity contribution in [3.05, 3.63) is 70.9 Å². The van der Waals surface area contributed by atoms with Gasteiger partial charge in [0.25, 0.3) is 5.91 Å². The molecule has 2 heterocycles. The highest BCUT2D eigenvalue weighted by atomic mass is 16.2. The van der Waals surface area contributed by atoms with E-state index in [2.05, 4.69) is 68.2 Å². The number of amides is 1. The van der Waals surface area contributed by atoms with E-state index in [1.54, 1.807) is 0 Å². The SMILES string of the molecule is Cc1ccc2cc(C(=O)N3C[C@@H](c4ccccc4C)C[C@H]3C)[nH]c2c1. The summed E-state index contributed by atoms with van der Waals surface area (Å²) < 4.78 is 0. The monoisotopic (exact) mass is 332 g/mol. The van der Waals surface area contributed by atoms with Crippen molar-refractivity contribution in [1.29, 1.82) is 0 Å². The summed E-state index contributed by atoms with van der Waals surface area (Å²) in [5.74, 6) is 0.532. The van der Waals surface area contributed by atoms with Gasteiger partial charge in [-0.2, -0.15) is 0 Å². The highest BCUT2D eigenvalue weighted by molar-refractivity contribution is 5.98. The third kappa shape index (κ3) is 2.84. The van der Waals surface area contributed by atoms with Crippen LogP contribution in [0.25, 0.3) is 10.9 Å². The van der Waals surface area contributed by atoms with E-state index in [-0.39, 0.29) is 11.9 Å². The minimum atomic E-state index is 0.109. The number of H-pyrrole nitrogens is 1. The molecule has 1 saturated heterocycles. The molecule has 3 heteroatoms. The predicted octanol–water partition coefficient (Wildman–Crippen LogP) is 4.80. The van der Waals surface area contributed by atoms with Gasteiger partial charge in [-0.05, 0) is 56.0 Å². The summed E-state index contributed by atoms with van der Waals surface area (Å²) >= 11 is 0. The topological polar surface area (TPSA) is 36.1 Å². The van der Waals surface area contributed by atoms with E-state index >= 15 is 0 Å². The van der Waals surface area contributed by atoms with Crippen molar-refractivity contribution < 1.29 is 4.79 Å². The van der Waals surface area contributed by atoms with Gasteiger partial charge in [-0.15, -0.1) is 0 Å². The Labute approximate surface area is 148 Å². The molecular weight excluding hydrogens is 308 g/mol. The molecule has 1 aliphatic heterocycles. The van der Waals surface area contributed by atoms with Crippen LogP contribution >= 0.6 is 0 Å². The third-order valence-corrected chi connectivity index (χ3v) is 5.47. The van der Waals surface area contributed by atoms with Gasteiger partial charge in [0.2, 0.25) is 0 Å². The molecule has 1 N–H and O–H groups in total. The summed E-state index contributed by atoms with van der Waals surface area (Å²) in [6.45, 7) is 7.17. The lowest BCUT2D eigenvalue weighted by Gasteiger charge is -2.20. The zero-order chi connectivity index (χ0) is 17.6. The first-order valence-electron chi connectivity index (χ1n) is 8.99. The number of rotatable bonds is 2. The molecule has 1 aromatic heterocycles. The van der Waals surface area contributed by atoms with Crippen LogP contribution in [0.3, 0.4) is 0 Å². The van der Waals surface area contributed by atoms with Gasteiger partial charge in [-0.25, -0.2) is 0 Å². The highest BCUT2D eigenvalue weighted by Gasteiger charge is 2.34. The Bertz CT molecular complexity index is 940. The molecule has 0 aliphatic carbocycles. The first-order valence-corrected chi connectivity index (χ1v) is 8.99. The minimum absolute atomic E-state index is 0.109. The number of aromatic nitrogens is 1. The lowest BCUT2D eigenvalue weighted by molar-refractivity contribution is 0.0741. The first kappa shape index (κ1) is 15.9. The van der Waals surface area contributed by atoms with Gasteiger partial charge in [-0.1, -0.05) is 36.4 Å². The summed E-state index contributed by atoms with van der Waals surface area (Å²) in [5.41, 5.74) is 5.61. The van der Waals surface area contributed by atoms with Crippen LogP contribution < -0.4 is 0 Å². The van der Waals surface area contributed by atoms with Crippen LogP contribution in [0.2, 0.25) is 0 Å². The molecule has 1 aliphatic rings. The molecular formula is C22H24N2O. The van der Waals surface area contributed by atoms with Crippen molar-refractivity contribution in [2.75, 3.05) is 6.54 Å². The molecule has 25 heavy (non-hydrogen) atoms. The van der Waals surface area contributed by atoms with Crippen LogP contribution in [0.1, 0.15) is 46.4 Å². The van der Waals surface area contributed by atoms with Crippen LogP contribution in [0.15, 0.2) is 48.5 Å². The van der Waals surface area contributed by atoms with E-state index < -0.39 is 0 Å². The van der Waals surface area contributed by atoms with Gasteiger partial charge >= 0.3 is 0 Å². The zero-order valence-electron chi connectivity index (χ0n) is 15.0. The Balaban J connectivity index is 1.60. The lowest BCUT2D eigenvalue weighted by atomic mass is 9.93. The first-order chi connectivity index (χ1) is 12.0. The summed E-state index contributed by atoms with van der Waals surface area (Å²) in [4.78, 5) is 18.4. The largest absolute Gasteiger partial charge is 0.351 e. The fourth-order valence-corrected chi connectivity index (χ4v) is 4.09. The standard InChI is InChI=1S/C22H24N2O/c1-14-8-9-17-12-21(23-20(17)10-14)22(25)24-13-18(11-16(24)3)19-7-5-4-6-15(19)2/h4-10,12,16,18,23H,11,13H2,1-3H3/t16-,18+/m1/s1. The highest BCUT2D eigenvalue weighted by Crippen LogP contribution is 2.34. The van der Waals surface area contributed by atoms with Gasteiger partial charge in [0, 0.05) is 29.4 Å². The second-order valence-corrected chi connectivity index (χ2v) is 7.37. The number of aromatic amines is 1. The van der Waals surface area contributed by atoms with E-state index in [0.717, 1.165) is 23.9 Å². The van der Waals surface area contributed by atoms with Crippen molar-refractivity contribution in [3.63, 3.8) is 0 Å². The average Bonchev–Trinajstić information content (AvgIpc) is 3.18. The Morgan fingerprint density at radius 2 is 1.92 bits per heavy atom. The minimum Gasteiger partial charge on any atom is -0.351 e. The van der Waals surface area contributed by atoms with E-state index in [4.69, 9.17) is 0 Å². The molecule has 0 unspecified atom stereocenters. The van der Waals surface area contributed by atoms with Crippen molar-refractivity contribution in [2.45, 2.75) is 39.2 Å². The molecule has 0 spiro atoms. The second kappa shape index (κ2) is 6.07. The number of nitrogens with one attached hydrogen (secondary N) is 1. The number of aryl methyl sites for hydroxylation is 2. The summed E-state index contributed by atoms with van der Waals surface area (Å²) in [7, 11) is 0. The predicted molar refractivity (Wildman–Crippen MR) is 102 cm³/mol. The molecule has 0 saturated carbocycles. The van der Waals surface area contributed by atoms with E-state index in [1.165, 1.54) is 16.7 Å². The number of hydrogen-bond acceptors (Lipinski definition) is 1. The molecule has 3 nitrogen and oxygen atoms in total. The second-order valence-electron chi connectivity index (χ2n) is 7.37. The maximum Gasteiger partial charge on any atom is 0.270 e. The van der Waals surface area contributed by atoms with Crippen LogP contribution in [-0.2, 0) is 0 Å². The van der Waals surface area contributed by atoms with E-state index in [1.807, 2.05) is 11.0 Å². The van der Waals surface area contributed by atoms with Gasteiger partial charge in [-0.3, -0.25) is 4.79 Å². The molecule has 1 fully saturated rings. The summed E-state index contributed by atoms with van der Waals surface area (Å²) in [6, 6.07) is 17.0. The van der Waals surface area contributed by atoms with Crippen molar-refractivity contribution >= 4 is 16.8 Å². The number of nitrogens with zero attached hydrogens (tertiary/aromatic N) is 1. The Morgan fingerprint density at radius 1 is 1.12 bits per heavy atom. The lowest BCUT2D eigenvalue weighted by Crippen LogP contribution is -2.34. The van der Waals surface area contributed by atoms with Crippen molar-refractivity contribution in [2.24, 2.45) is 0 Å². The zero-order valence-corrected chi connectivity index (χ0v) is 15.0. The Morgan fingerprint density at radius 3 is 2.72 bits per heavy atom. The maximum absolute atomic E-state index is 13.1. The fraction of sp³-hybridized carbons (Fsp3) is 0.318. The van der Waals surface area contributed by atoms with Crippen molar-refractivity contribution in [3.8, 4) is 0 Å². The van der Waals surface area contributed by atoms with Crippen LogP contribution in [0, 0.1) is 13.8 Å². The van der Waals surface area contributed by atoms with Gasteiger partial charge in [0.1, 0.15) is 5.69 Å². The third-order valence-electron chi connectivity index (χ3n) is 5.47. The van der Waals surface area contributed by atoms with E-state index in [9.17, 15) is 4.79 Å². The summed E-state index contributed by atoms with van der Waals surface area (Å²) in [5, 5.41) is 1.09. The molecule has 3 aromatic rings. The molecule has 2 atom stereocenters. The van der Waals surface area contributed by atoms with Crippen LogP contribution in [0.4, 0.5) is 0 Å². The fourth-order valence-electron chi connectivity index (χ4n) is 4.09. The molecule has 128 valence electrons. The van der Waals surface area contributed by atoms with Crippen molar-refractivity contribution in [1.82, 2.24) is 9.88 Å². The van der Waals surface area contributed by atoms with Crippen LogP contribution in [0.5, 0.6) is 0 Å². The molecule has 1 amide bonds. The molecule has 2 aromatic carbocycles. The average molecular weight is 332 g/mol. The molecule has 4 rings (SSSR count). The molecule has 0 bridgehead atoms.